The molecule has 1 aliphatic heterocycles. The molecular formula is C11H19N3O3. The Morgan fingerprint density at radius 2 is 2.06 bits per heavy atom. The smallest absolute Gasteiger partial charge is 0.312 e. The molecule has 0 aromatic heterocycles. The highest BCUT2D eigenvalue weighted by Gasteiger charge is 2.31. The van der Waals surface area contributed by atoms with Gasteiger partial charge in [-0.3, -0.25) is 9.59 Å². The topological polar surface area (TPSA) is 72.9 Å². The fraction of sp³-hybridized carbons (Fsp3) is 0.818. The van der Waals surface area contributed by atoms with Crippen molar-refractivity contribution < 1.29 is 14.7 Å². The molecule has 1 saturated heterocycles. The molecule has 6 nitrogen and oxygen atoms in total. The summed E-state index contributed by atoms with van der Waals surface area (Å²) in [5, 5.41) is 13.0. The summed E-state index contributed by atoms with van der Waals surface area (Å²) in [5.74, 6) is -0.997. The molecule has 6 heteroatoms. The Labute approximate surface area is 101 Å². The molecule has 2 N–H and O–H groups in total. The zero-order chi connectivity index (χ0) is 12.4. The number of carbonyl (C=O) groups excluding carboxylic acids is 2. The van der Waals surface area contributed by atoms with Crippen LogP contribution in [0.5, 0.6) is 0 Å². The number of aliphatic hydroxyl groups excluding tert-OH is 1. The molecule has 2 aliphatic rings. The largest absolute Gasteiger partial charge is 0.390 e. The van der Waals surface area contributed by atoms with Gasteiger partial charge in [0.1, 0.15) is 0 Å². The third-order valence-corrected chi connectivity index (χ3v) is 3.17. The fourth-order valence-corrected chi connectivity index (χ4v) is 1.86. The van der Waals surface area contributed by atoms with Crippen molar-refractivity contribution in [3.8, 4) is 0 Å². The Morgan fingerprint density at radius 1 is 1.35 bits per heavy atom. The molecule has 1 saturated carbocycles. The number of nitrogens with one attached hydrogen (secondary N) is 1. The Kier molecular flexibility index (Phi) is 3.63. The van der Waals surface area contributed by atoms with Crippen molar-refractivity contribution in [1.29, 1.82) is 0 Å². The molecule has 1 heterocycles. The first kappa shape index (κ1) is 12.3. The first-order valence-corrected chi connectivity index (χ1v) is 6.03. The zero-order valence-corrected chi connectivity index (χ0v) is 10.1. The van der Waals surface area contributed by atoms with Crippen LogP contribution < -0.4 is 5.32 Å². The van der Waals surface area contributed by atoms with Gasteiger partial charge in [-0.1, -0.05) is 0 Å². The average Bonchev–Trinajstić information content (AvgIpc) is 3.11. The first-order valence-electron chi connectivity index (χ1n) is 6.03. The number of hydrogen-bond donors (Lipinski definition) is 2. The lowest BCUT2D eigenvalue weighted by molar-refractivity contribution is -0.155. The van der Waals surface area contributed by atoms with Crippen LogP contribution in [-0.2, 0) is 9.59 Å². The van der Waals surface area contributed by atoms with Crippen molar-refractivity contribution in [2.24, 2.45) is 0 Å². The first-order chi connectivity index (χ1) is 8.08. The number of carbonyl (C=O) groups is 2. The van der Waals surface area contributed by atoms with Gasteiger partial charge in [-0.15, -0.1) is 0 Å². The molecule has 0 radical (unpaired) electrons. The van der Waals surface area contributed by atoms with E-state index in [0.717, 1.165) is 0 Å². The molecule has 0 spiro atoms. The predicted molar refractivity (Wildman–Crippen MR) is 61.2 cm³/mol. The standard InChI is InChI=1S/C11H19N3O3/c1-13-4-5-14(11(17)10(13)16)7-9(15)6-12-8-2-3-8/h8-9,12,15H,2-7H2,1H3. The number of piperazine rings is 1. The van der Waals surface area contributed by atoms with Gasteiger partial charge in [0, 0.05) is 39.3 Å². The van der Waals surface area contributed by atoms with Crippen molar-refractivity contribution in [3.63, 3.8) is 0 Å². The molecule has 1 aliphatic carbocycles. The molecule has 17 heavy (non-hydrogen) atoms. The summed E-state index contributed by atoms with van der Waals surface area (Å²) in [5.41, 5.74) is 0. The molecular weight excluding hydrogens is 222 g/mol. The second kappa shape index (κ2) is 5.01. The van der Waals surface area contributed by atoms with E-state index in [1.54, 1.807) is 7.05 Å². The molecule has 1 atom stereocenters. The number of hydrogen-bond acceptors (Lipinski definition) is 4. The molecule has 0 aromatic carbocycles. The van der Waals surface area contributed by atoms with E-state index in [0.29, 0.717) is 25.7 Å². The van der Waals surface area contributed by atoms with Crippen molar-refractivity contribution in [3.05, 3.63) is 0 Å². The number of likely N-dealkylation sites (N-methyl/N-ethyl adjacent to an activating group) is 1. The van der Waals surface area contributed by atoms with E-state index < -0.39 is 17.9 Å². The normalized spacial score (nSPS) is 23.2. The summed E-state index contributed by atoms with van der Waals surface area (Å²) in [6.45, 7) is 1.76. The maximum atomic E-state index is 11.6. The second-order valence-electron chi connectivity index (χ2n) is 4.81. The van der Waals surface area contributed by atoms with Gasteiger partial charge in [0.25, 0.3) is 0 Å². The lowest BCUT2D eigenvalue weighted by Crippen LogP contribution is -2.55. The highest BCUT2D eigenvalue weighted by atomic mass is 16.3. The Bertz CT molecular complexity index is 317. The summed E-state index contributed by atoms with van der Waals surface area (Å²) in [6.07, 6.45) is 1.73. The van der Waals surface area contributed by atoms with E-state index in [2.05, 4.69) is 5.32 Å². The van der Waals surface area contributed by atoms with Gasteiger partial charge in [-0.2, -0.15) is 0 Å². The number of aliphatic hydroxyl groups is 1. The Hall–Kier alpha value is -1.14. The minimum absolute atomic E-state index is 0.234. The SMILES string of the molecule is CN1CCN(CC(O)CNC2CC2)C(=O)C1=O. The average molecular weight is 241 g/mol. The third kappa shape index (κ3) is 3.17. The summed E-state index contributed by atoms with van der Waals surface area (Å²) >= 11 is 0. The van der Waals surface area contributed by atoms with Crippen molar-refractivity contribution in [2.75, 3.05) is 33.2 Å². The number of nitrogens with zero attached hydrogens (tertiary/aromatic N) is 2. The van der Waals surface area contributed by atoms with E-state index >= 15 is 0 Å². The lowest BCUT2D eigenvalue weighted by Gasteiger charge is -2.32. The number of β-amino-alcohol motifs (C(OH)–C–C–N with tert-alkyl or cyclic N) is 1. The summed E-state index contributed by atoms with van der Waals surface area (Å²) in [6, 6.07) is 0.537. The molecule has 2 fully saturated rings. The number of amides is 2. The Balaban J connectivity index is 1.77. The van der Waals surface area contributed by atoms with Crippen LogP contribution in [0.4, 0.5) is 0 Å². The fourth-order valence-electron chi connectivity index (χ4n) is 1.86. The molecule has 0 bridgehead atoms. The van der Waals surface area contributed by atoms with Gasteiger partial charge in [0.15, 0.2) is 0 Å². The quantitative estimate of drug-likeness (QED) is 0.569. The summed E-state index contributed by atoms with van der Waals surface area (Å²) in [7, 11) is 1.61. The van der Waals surface area contributed by atoms with Gasteiger partial charge in [-0.25, -0.2) is 0 Å². The van der Waals surface area contributed by atoms with Crippen LogP contribution in [0.25, 0.3) is 0 Å². The Morgan fingerprint density at radius 3 is 2.71 bits per heavy atom. The molecule has 1 unspecified atom stereocenters. The second-order valence-corrected chi connectivity index (χ2v) is 4.81. The highest BCUT2D eigenvalue weighted by Crippen LogP contribution is 2.18. The predicted octanol–water partition coefficient (Wildman–Crippen LogP) is -1.60. The van der Waals surface area contributed by atoms with Gasteiger partial charge in [-0.05, 0) is 12.8 Å². The minimum atomic E-state index is -0.601. The molecule has 96 valence electrons. The van der Waals surface area contributed by atoms with Crippen LogP contribution in [0.1, 0.15) is 12.8 Å². The maximum absolute atomic E-state index is 11.6. The van der Waals surface area contributed by atoms with Crippen LogP contribution in [0, 0.1) is 0 Å². The lowest BCUT2D eigenvalue weighted by atomic mass is 10.2. The maximum Gasteiger partial charge on any atom is 0.312 e. The van der Waals surface area contributed by atoms with E-state index in [9.17, 15) is 14.7 Å². The van der Waals surface area contributed by atoms with Crippen molar-refractivity contribution in [1.82, 2.24) is 15.1 Å². The van der Waals surface area contributed by atoms with Crippen LogP contribution in [0.15, 0.2) is 0 Å². The van der Waals surface area contributed by atoms with Gasteiger partial charge in [0.2, 0.25) is 0 Å². The van der Waals surface area contributed by atoms with Gasteiger partial charge >= 0.3 is 11.8 Å². The van der Waals surface area contributed by atoms with E-state index in [1.807, 2.05) is 0 Å². The van der Waals surface area contributed by atoms with Gasteiger partial charge in [0.05, 0.1) is 6.10 Å². The van der Waals surface area contributed by atoms with Crippen LogP contribution in [-0.4, -0.2) is 72.1 Å². The molecule has 2 rings (SSSR count). The van der Waals surface area contributed by atoms with Gasteiger partial charge < -0.3 is 20.2 Å². The minimum Gasteiger partial charge on any atom is -0.390 e. The van der Waals surface area contributed by atoms with E-state index in [1.165, 1.54) is 22.6 Å². The molecule has 0 aromatic rings. The zero-order valence-electron chi connectivity index (χ0n) is 10.1. The van der Waals surface area contributed by atoms with Crippen LogP contribution in [0.2, 0.25) is 0 Å². The number of rotatable bonds is 5. The highest BCUT2D eigenvalue weighted by molar-refractivity contribution is 6.35. The van der Waals surface area contributed by atoms with Crippen molar-refractivity contribution >= 4 is 11.8 Å². The van der Waals surface area contributed by atoms with Crippen LogP contribution >= 0.6 is 0 Å². The van der Waals surface area contributed by atoms with Crippen LogP contribution in [0.3, 0.4) is 0 Å². The monoisotopic (exact) mass is 241 g/mol. The van der Waals surface area contributed by atoms with E-state index in [4.69, 9.17) is 0 Å². The summed E-state index contributed by atoms with van der Waals surface area (Å²) < 4.78 is 0. The van der Waals surface area contributed by atoms with Crippen molar-refractivity contribution in [2.45, 2.75) is 25.0 Å². The third-order valence-electron chi connectivity index (χ3n) is 3.17. The van der Waals surface area contributed by atoms with E-state index in [-0.39, 0.29) is 6.54 Å². The molecule has 2 amide bonds. The summed E-state index contributed by atoms with van der Waals surface area (Å²) in [4.78, 5) is 25.9.